The molecule has 0 unspecified atom stereocenters. The van der Waals surface area contributed by atoms with Crippen LogP contribution in [0.25, 0.3) is 66.7 Å². The first kappa shape index (κ1) is 24.9. The number of aryl methyl sites for hydroxylation is 3. The van der Waals surface area contributed by atoms with E-state index in [1.165, 1.54) is 24.4 Å². The van der Waals surface area contributed by atoms with Crippen LogP contribution in [0.15, 0.2) is 138 Å². The molecular weight excluding hydrogens is 813 g/mol. The third-order valence-electron chi connectivity index (χ3n) is 8.26. The van der Waals surface area contributed by atoms with Crippen LogP contribution in [0.2, 0.25) is 0 Å². The molecule has 0 fully saturated rings. The van der Waals surface area contributed by atoms with Gasteiger partial charge in [0, 0.05) is 58.5 Å². The zero-order valence-electron chi connectivity index (χ0n) is 39.8. The van der Waals surface area contributed by atoms with Gasteiger partial charge < -0.3 is 14.4 Å². The molecule has 0 aliphatic carbocycles. The van der Waals surface area contributed by atoms with Gasteiger partial charge in [0.15, 0.2) is 0 Å². The Morgan fingerprint density at radius 3 is 2.25 bits per heavy atom. The van der Waals surface area contributed by atoms with Crippen LogP contribution >= 0.6 is 0 Å². The summed E-state index contributed by atoms with van der Waals surface area (Å²) in [5.74, 6) is 0. The van der Waals surface area contributed by atoms with Gasteiger partial charge in [-0.05, 0) is 70.8 Å². The summed E-state index contributed by atoms with van der Waals surface area (Å²) in [7, 11) is 0. The van der Waals surface area contributed by atoms with Crippen LogP contribution in [-0.4, -0.2) is 9.97 Å². The molecule has 0 amide bonds. The third-order valence-corrected chi connectivity index (χ3v) is 8.26. The molecule has 3 nitrogen and oxygen atoms in total. The minimum atomic E-state index is -2.34. The van der Waals surface area contributed by atoms with Crippen LogP contribution in [0.3, 0.4) is 0 Å². The van der Waals surface area contributed by atoms with Gasteiger partial charge in [0.05, 0.1) is 5.58 Å². The van der Waals surface area contributed by atoms with Crippen LogP contribution in [0, 0.1) is 38.1 Å². The summed E-state index contributed by atoms with van der Waals surface area (Å²) in [5, 5.41) is 1.70. The molecule has 1 radical (unpaired) electrons. The standard InChI is InChI=1S/C35H30NO.C13H12N.Ir/c1-23-20-26(25-10-6-5-7-11-25)16-17-27(23)28-12-8-13-29-30-14-9-15-31(34(30)37-33(28)29)32-21-24(18-19-36-32)22-35(2,3)4;1-10-3-6-12(7-4-10)13-8-5-11(2)9-14-13;/h5-14,16-21H,22H2,1-4H3;3-6,8-9H,1-2H3;/q2*-1;/i1D3,22D2;1D3,2D3;. The van der Waals surface area contributed by atoms with E-state index in [4.69, 9.17) is 19.5 Å². The molecule has 0 N–H and O–H groups in total. The predicted molar refractivity (Wildman–Crippen MR) is 213 cm³/mol. The average Bonchev–Trinajstić information content (AvgIpc) is 3.62. The number of aromatic nitrogens is 2. The smallest absolute Gasteiger partial charge is 0.128 e. The van der Waals surface area contributed by atoms with E-state index < -0.39 is 32.3 Å². The normalized spacial score (nSPS) is 15.3. The van der Waals surface area contributed by atoms with E-state index in [0.29, 0.717) is 50.4 Å². The first-order chi connectivity index (χ1) is 29.0. The molecule has 3 heterocycles. The van der Waals surface area contributed by atoms with Crippen LogP contribution in [0.4, 0.5) is 0 Å². The Morgan fingerprint density at radius 1 is 0.692 bits per heavy atom. The van der Waals surface area contributed by atoms with Gasteiger partial charge in [-0.15, -0.1) is 53.6 Å². The molecule has 0 aliphatic rings. The predicted octanol–water partition coefficient (Wildman–Crippen LogP) is 12.8. The van der Waals surface area contributed by atoms with Crippen molar-refractivity contribution >= 4 is 21.9 Å². The van der Waals surface area contributed by atoms with Crippen molar-refractivity contribution in [1.29, 1.82) is 0 Å². The number of hydrogen-bond donors (Lipinski definition) is 0. The quantitative estimate of drug-likeness (QED) is 0.162. The van der Waals surface area contributed by atoms with Crippen molar-refractivity contribution in [2.75, 3.05) is 0 Å². The topological polar surface area (TPSA) is 38.9 Å². The molecule has 261 valence electrons. The molecule has 0 saturated heterocycles. The van der Waals surface area contributed by atoms with E-state index in [-0.39, 0.29) is 36.8 Å². The van der Waals surface area contributed by atoms with Gasteiger partial charge in [0.25, 0.3) is 0 Å². The molecule has 0 bridgehead atoms. The first-order valence-corrected chi connectivity index (χ1v) is 16.6. The Kier molecular flexibility index (Phi) is 7.49. The van der Waals surface area contributed by atoms with Crippen molar-refractivity contribution in [2.45, 2.75) is 47.7 Å². The van der Waals surface area contributed by atoms with Gasteiger partial charge in [0.1, 0.15) is 5.58 Å². The van der Waals surface area contributed by atoms with E-state index in [0.717, 1.165) is 21.9 Å². The van der Waals surface area contributed by atoms with Gasteiger partial charge in [-0.1, -0.05) is 129 Å². The maximum atomic E-state index is 8.75. The Labute approximate surface area is 336 Å². The first-order valence-electron chi connectivity index (χ1n) is 22.1. The number of benzene rings is 5. The Morgan fingerprint density at radius 2 is 1.52 bits per heavy atom. The molecule has 52 heavy (non-hydrogen) atoms. The molecular formula is C48H42IrN2O-2. The Bertz CT molecular complexity index is 2810. The largest absolute Gasteiger partial charge is 0.500 e. The van der Waals surface area contributed by atoms with E-state index in [9.17, 15) is 0 Å². The Hall–Kier alpha value is -5.15. The van der Waals surface area contributed by atoms with Crippen molar-refractivity contribution in [1.82, 2.24) is 9.97 Å². The van der Waals surface area contributed by atoms with E-state index in [1.54, 1.807) is 36.5 Å². The van der Waals surface area contributed by atoms with Crippen molar-refractivity contribution in [3.8, 4) is 44.8 Å². The number of nitrogens with zero attached hydrogens (tertiary/aromatic N) is 2. The zero-order valence-corrected chi connectivity index (χ0v) is 31.2. The molecule has 3 aromatic heterocycles. The second kappa shape index (κ2) is 15.6. The van der Waals surface area contributed by atoms with Gasteiger partial charge in [-0.2, -0.15) is 0 Å². The van der Waals surface area contributed by atoms with Crippen LogP contribution in [0.5, 0.6) is 0 Å². The number of hydrogen-bond acceptors (Lipinski definition) is 3. The minimum absolute atomic E-state index is 0. The number of pyridine rings is 2. The van der Waals surface area contributed by atoms with Crippen LogP contribution in [-0.2, 0) is 26.5 Å². The Balaban J connectivity index is 0.000000265. The van der Waals surface area contributed by atoms with Gasteiger partial charge in [0.2, 0.25) is 0 Å². The summed E-state index contributed by atoms with van der Waals surface area (Å²) >= 11 is 0. The zero-order chi connectivity index (χ0) is 44.8. The van der Waals surface area contributed by atoms with Crippen molar-refractivity contribution in [3.63, 3.8) is 0 Å². The van der Waals surface area contributed by atoms with E-state index >= 15 is 0 Å². The number of furan rings is 1. The summed E-state index contributed by atoms with van der Waals surface area (Å²) in [5.41, 5.74) is 7.09. The van der Waals surface area contributed by atoms with E-state index in [1.807, 2.05) is 93.6 Å². The van der Waals surface area contributed by atoms with Crippen molar-refractivity contribution < 1.29 is 39.6 Å². The molecule has 0 saturated carbocycles. The maximum absolute atomic E-state index is 8.75. The molecule has 0 aliphatic heterocycles. The minimum Gasteiger partial charge on any atom is -0.500 e. The fourth-order valence-corrected chi connectivity index (χ4v) is 5.97. The van der Waals surface area contributed by atoms with Crippen molar-refractivity contribution in [3.05, 3.63) is 168 Å². The van der Waals surface area contributed by atoms with Gasteiger partial charge in [-0.3, -0.25) is 0 Å². The molecule has 8 rings (SSSR count). The maximum Gasteiger partial charge on any atom is 0.128 e. The summed E-state index contributed by atoms with van der Waals surface area (Å²) in [4.78, 5) is 8.63. The number of fused-ring (bicyclic) bond motifs is 3. The average molecular weight is 866 g/mol. The molecule has 0 spiro atoms. The molecule has 5 aromatic carbocycles. The molecule has 4 heteroatoms. The second-order valence-corrected chi connectivity index (χ2v) is 13.2. The van der Waals surface area contributed by atoms with Gasteiger partial charge in [-0.25, -0.2) is 0 Å². The fraction of sp³-hybridized carbons (Fsp3) is 0.167. The monoisotopic (exact) mass is 866 g/mol. The number of rotatable bonds is 5. The number of para-hydroxylation sites is 1. The van der Waals surface area contributed by atoms with Crippen molar-refractivity contribution in [2.24, 2.45) is 5.41 Å². The van der Waals surface area contributed by atoms with Crippen LogP contribution in [0.1, 0.15) is 58.1 Å². The SMILES string of the molecule is [2H]C([2H])([2H])c1c[c-]c(-c2ccc(C([2H])([2H])[2H])cn2)cc1.[2H]C([2H])([2H])c1cc(-c2ccccc2)ccc1-c1cccc2c1oc1c(-c3cc(C([2H])([2H])C(C)(C)C)ccn3)[c-]ccc12.[Ir]. The van der Waals surface area contributed by atoms with Gasteiger partial charge >= 0.3 is 0 Å². The second-order valence-electron chi connectivity index (χ2n) is 13.2. The third kappa shape index (κ3) is 8.15. The molecule has 0 atom stereocenters. The summed E-state index contributed by atoms with van der Waals surface area (Å²) < 4.78 is 92.8. The molecule has 8 aromatic rings. The van der Waals surface area contributed by atoms with Crippen LogP contribution < -0.4 is 0 Å². The van der Waals surface area contributed by atoms with E-state index in [2.05, 4.69) is 22.1 Å². The summed E-state index contributed by atoms with van der Waals surface area (Å²) in [6.45, 7) is -1.06. The summed E-state index contributed by atoms with van der Waals surface area (Å²) in [6.07, 6.45) is 1.33. The fourth-order valence-electron chi connectivity index (χ4n) is 5.97. The summed E-state index contributed by atoms with van der Waals surface area (Å²) in [6, 6.07) is 42.0.